The van der Waals surface area contributed by atoms with Crippen LogP contribution in [0.5, 0.6) is 0 Å². The molecule has 0 N–H and O–H groups in total. The van der Waals surface area contributed by atoms with Crippen LogP contribution in [0.3, 0.4) is 0 Å². The number of hydrogen-bond acceptors (Lipinski definition) is 3. The van der Waals surface area contributed by atoms with E-state index in [4.69, 9.17) is 21.6 Å². The SMILES string of the molecule is CC(=O)OC(C#N)C(C)(Cl)c1ccccc1. The number of carbonyl (C=O) groups excluding carboxylic acids is 1. The third-order valence-electron chi connectivity index (χ3n) is 2.23. The van der Waals surface area contributed by atoms with Crippen molar-refractivity contribution < 1.29 is 9.53 Å². The van der Waals surface area contributed by atoms with Crippen LogP contribution in [0, 0.1) is 11.3 Å². The van der Waals surface area contributed by atoms with Gasteiger partial charge in [-0.15, -0.1) is 11.6 Å². The Balaban J connectivity index is 3.00. The molecule has 2 unspecified atom stereocenters. The highest BCUT2D eigenvalue weighted by atomic mass is 35.5. The molecule has 0 amide bonds. The molecule has 0 fully saturated rings. The Morgan fingerprint density at radius 2 is 2.06 bits per heavy atom. The lowest BCUT2D eigenvalue weighted by molar-refractivity contribution is -0.145. The molecule has 4 heteroatoms. The summed E-state index contributed by atoms with van der Waals surface area (Å²) in [6.45, 7) is 2.91. The fourth-order valence-corrected chi connectivity index (χ4v) is 1.56. The zero-order valence-electron chi connectivity index (χ0n) is 9.11. The van der Waals surface area contributed by atoms with Crippen molar-refractivity contribution in [2.24, 2.45) is 0 Å². The molecule has 0 aromatic heterocycles. The predicted octanol–water partition coefficient (Wildman–Crippen LogP) is 2.60. The highest BCUT2D eigenvalue weighted by Crippen LogP contribution is 2.33. The second-order valence-electron chi connectivity index (χ2n) is 3.56. The number of carbonyl (C=O) groups is 1. The summed E-state index contributed by atoms with van der Waals surface area (Å²) in [5.41, 5.74) is 0.740. The van der Waals surface area contributed by atoms with Gasteiger partial charge in [0.05, 0.1) is 0 Å². The van der Waals surface area contributed by atoms with Crippen LogP contribution in [0.4, 0.5) is 0 Å². The van der Waals surface area contributed by atoms with E-state index in [0.29, 0.717) is 0 Å². The van der Waals surface area contributed by atoms with Crippen molar-refractivity contribution in [3.05, 3.63) is 35.9 Å². The molecule has 3 nitrogen and oxygen atoms in total. The minimum absolute atomic E-state index is 0.519. The van der Waals surface area contributed by atoms with Crippen LogP contribution in [-0.4, -0.2) is 12.1 Å². The van der Waals surface area contributed by atoms with Gasteiger partial charge in [-0.3, -0.25) is 4.79 Å². The van der Waals surface area contributed by atoms with Crippen molar-refractivity contribution >= 4 is 17.6 Å². The fraction of sp³-hybridized carbons (Fsp3) is 0.333. The maximum absolute atomic E-state index is 10.9. The predicted molar refractivity (Wildman–Crippen MR) is 60.8 cm³/mol. The summed E-state index contributed by atoms with van der Waals surface area (Å²) in [4.78, 5) is 9.82. The van der Waals surface area contributed by atoms with Gasteiger partial charge in [0.15, 0.2) is 0 Å². The van der Waals surface area contributed by atoms with E-state index in [0.717, 1.165) is 5.56 Å². The minimum atomic E-state index is -1.04. The summed E-state index contributed by atoms with van der Waals surface area (Å²) >= 11 is 6.27. The standard InChI is InChI=1S/C12H12ClNO2/c1-9(15)16-11(8-14)12(2,13)10-6-4-3-5-7-10/h3-7,11H,1-2H3. The van der Waals surface area contributed by atoms with Crippen molar-refractivity contribution in [2.45, 2.75) is 24.8 Å². The van der Waals surface area contributed by atoms with Crippen LogP contribution in [-0.2, 0) is 14.4 Å². The molecule has 0 aliphatic heterocycles. The lowest BCUT2D eigenvalue weighted by Crippen LogP contribution is -2.33. The number of alkyl halides is 1. The molecule has 2 atom stereocenters. The van der Waals surface area contributed by atoms with E-state index >= 15 is 0 Å². The number of halogens is 1. The molecule has 84 valence electrons. The number of nitriles is 1. The van der Waals surface area contributed by atoms with Crippen LogP contribution in [0.15, 0.2) is 30.3 Å². The zero-order chi connectivity index (χ0) is 12.2. The zero-order valence-corrected chi connectivity index (χ0v) is 9.86. The van der Waals surface area contributed by atoms with E-state index < -0.39 is 16.9 Å². The number of ether oxygens (including phenoxy) is 1. The minimum Gasteiger partial charge on any atom is -0.445 e. The first-order valence-corrected chi connectivity index (χ1v) is 5.17. The van der Waals surface area contributed by atoms with Crippen molar-refractivity contribution in [3.8, 4) is 6.07 Å². The molecule has 0 radical (unpaired) electrons. The van der Waals surface area contributed by atoms with Gasteiger partial charge in [0.2, 0.25) is 6.10 Å². The quantitative estimate of drug-likeness (QED) is 0.600. The smallest absolute Gasteiger partial charge is 0.304 e. The normalized spacial score (nSPS) is 15.6. The summed E-state index contributed by atoms with van der Waals surface area (Å²) in [6.07, 6.45) is -1.01. The van der Waals surface area contributed by atoms with Crippen LogP contribution in [0.1, 0.15) is 19.4 Å². The van der Waals surface area contributed by atoms with Gasteiger partial charge >= 0.3 is 5.97 Å². The lowest BCUT2D eigenvalue weighted by atomic mass is 9.95. The fourth-order valence-electron chi connectivity index (χ4n) is 1.34. The Bertz CT molecular complexity index is 409. The summed E-state index contributed by atoms with van der Waals surface area (Å²) in [5, 5.41) is 8.96. The van der Waals surface area contributed by atoms with Gasteiger partial charge in [-0.2, -0.15) is 5.26 Å². The van der Waals surface area contributed by atoms with E-state index in [1.165, 1.54) is 6.92 Å². The van der Waals surface area contributed by atoms with Gasteiger partial charge in [0.25, 0.3) is 0 Å². The summed E-state index contributed by atoms with van der Waals surface area (Å²) in [7, 11) is 0. The average Bonchev–Trinajstić information content (AvgIpc) is 2.26. The second kappa shape index (κ2) is 5.00. The highest BCUT2D eigenvalue weighted by Gasteiger charge is 2.36. The molecular formula is C12H12ClNO2. The molecule has 0 aliphatic carbocycles. The van der Waals surface area contributed by atoms with Gasteiger partial charge in [0.1, 0.15) is 10.9 Å². The molecule has 1 aromatic rings. The molecule has 0 aliphatic rings. The number of nitrogens with zero attached hydrogens (tertiary/aromatic N) is 1. The Kier molecular flexibility index (Phi) is 3.92. The summed E-state index contributed by atoms with van der Waals surface area (Å²) in [6, 6.07) is 11.0. The number of esters is 1. The summed E-state index contributed by atoms with van der Waals surface area (Å²) in [5.74, 6) is -0.519. The van der Waals surface area contributed by atoms with Crippen LogP contribution in [0.25, 0.3) is 0 Å². The Morgan fingerprint density at radius 1 is 1.50 bits per heavy atom. The van der Waals surface area contributed by atoms with Crippen molar-refractivity contribution in [2.75, 3.05) is 0 Å². The maximum Gasteiger partial charge on any atom is 0.304 e. The first kappa shape index (κ1) is 12.5. The molecule has 1 rings (SSSR count). The third kappa shape index (κ3) is 2.74. The largest absolute Gasteiger partial charge is 0.445 e. The average molecular weight is 238 g/mol. The molecule has 1 aromatic carbocycles. The molecule has 0 heterocycles. The third-order valence-corrected chi connectivity index (χ3v) is 2.65. The molecule has 0 saturated heterocycles. The van der Waals surface area contributed by atoms with Crippen LogP contribution >= 0.6 is 11.6 Å². The topological polar surface area (TPSA) is 50.1 Å². The van der Waals surface area contributed by atoms with E-state index in [9.17, 15) is 4.79 Å². The molecular weight excluding hydrogens is 226 g/mol. The van der Waals surface area contributed by atoms with Crippen molar-refractivity contribution in [1.29, 1.82) is 5.26 Å². The second-order valence-corrected chi connectivity index (χ2v) is 4.35. The molecule has 0 spiro atoms. The Hall–Kier alpha value is -1.53. The van der Waals surface area contributed by atoms with Gasteiger partial charge in [-0.1, -0.05) is 30.3 Å². The molecule has 0 bridgehead atoms. The first-order chi connectivity index (χ1) is 7.48. The van der Waals surface area contributed by atoms with Crippen LogP contribution in [0.2, 0.25) is 0 Å². The molecule has 16 heavy (non-hydrogen) atoms. The Labute approximate surface area is 99.6 Å². The van der Waals surface area contributed by atoms with Gasteiger partial charge in [0, 0.05) is 6.92 Å². The van der Waals surface area contributed by atoms with Gasteiger partial charge in [-0.05, 0) is 12.5 Å². The van der Waals surface area contributed by atoms with Crippen molar-refractivity contribution in [3.63, 3.8) is 0 Å². The maximum atomic E-state index is 10.9. The van der Waals surface area contributed by atoms with E-state index in [1.54, 1.807) is 19.1 Å². The van der Waals surface area contributed by atoms with E-state index in [-0.39, 0.29) is 0 Å². The van der Waals surface area contributed by atoms with E-state index in [1.807, 2.05) is 24.3 Å². The number of hydrogen-bond donors (Lipinski definition) is 0. The Morgan fingerprint density at radius 3 is 2.50 bits per heavy atom. The lowest BCUT2D eigenvalue weighted by Gasteiger charge is -2.26. The summed E-state index contributed by atoms with van der Waals surface area (Å²) < 4.78 is 4.89. The highest BCUT2D eigenvalue weighted by molar-refractivity contribution is 6.24. The number of benzene rings is 1. The first-order valence-electron chi connectivity index (χ1n) is 4.79. The monoisotopic (exact) mass is 237 g/mol. The van der Waals surface area contributed by atoms with Gasteiger partial charge in [-0.25, -0.2) is 0 Å². The van der Waals surface area contributed by atoms with Crippen LogP contribution < -0.4 is 0 Å². The van der Waals surface area contributed by atoms with Gasteiger partial charge < -0.3 is 4.74 Å². The molecule has 0 saturated carbocycles. The van der Waals surface area contributed by atoms with E-state index in [2.05, 4.69) is 0 Å². The van der Waals surface area contributed by atoms with Crippen molar-refractivity contribution in [1.82, 2.24) is 0 Å². The number of rotatable bonds is 3.